The molecule has 0 aromatic heterocycles. The van der Waals surface area contributed by atoms with Gasteiger partial charge in [0.15, 0.2) is 0 Å². The SMILES string of the molecule is CC(N)CN(C)C1CCN(C(C)C)CC1. The number of nitrogens with two attached hydrogens (primary N) is 1. The zero-order valence-corrected chi connectivity index (χ0v) is 10.7. The zero-order chi connectivity index (χ0) is 11.4. The molecule has 0 saturated carbocycles. The number of rotatable bonds is 4. The van der Waals surface area contributed by atoms with Crippen LogP contribution >= 0.6 is 0 Å². The number of hydrogen-bond acceptors (Lipinski definition) is 3. The van der Waals surface area contributed by atoms with Crippen molar-refractivity contribution in [2.24, 2.45) is 5.73 Å². The largest absolute Gasteiger partial charge is 0.327 e. The summed E-state index contributed by atoms with van der Waals surface area (Å²) in [5.41, 5.74) is 5.82. The molecule has 90 valence electrons. The van der Waals surface area contributed by atoms with Gasteiger partial charge in [-0.3, -0.25) is 0 Å². The molecule has 1 fully saturated rings. The lowest BCUT2D eigenvalue weighted by atomic mass is 10.0. The minimum atomic E-state index is 0.290. The highest BCUT2D eigenvalue weighted by Gasteiger charge is 2.23. The van der Waals surface area contributed by atoms with Crippen LogP contribution in [0.25, 0.3) is 0 Å². The van der Waals surface area contributed by atoms with Gasteiger partial charge in [-0.2, -0.15) is 0 Å². The minimum Gasteiger partial charge on any atom is -0.327 e. The Hall–Kier alpha value is -0.120. The maximum atomic E-state index is 5.82. The summed E-state index contributed by atoms with van der Waals surface area (Å²) in [5.74, 6) is 0. The molecule has 1 atom stereocenters. The van der Waals surface area contributed by atoms with Gasteiger partial charge in [-0.05, 0) is 53.8 Å². The summed E-state index contributed by atoms with van der Waals surface area (Å²) in [5, 5.41) is 0. The van der Waals surface area contributed by atoms with Crippen molar-refractivity contribution in [3.05, 3.63) is 0 Å². The van der Waals surface area contributed by atoms with Gasteiger partial charge in [-0.1, -0.05) is 0 Å². The van der Waals surface area contributed by atoms with E-state index in [2.05, 4.69) is 37.6 Å². The quantitative estimate of drug-likeness (QED) is 0.760. The highest BCUT2D eigenvalue weighted by Crippen LogP contribution is 2.17. The van der Waals surface area contributed by atoms with E-state index >= 15 is 0 Å². The number of likely N-dealkylation sites (N-methyl/N-ethyl adjacent to an activating group) is 1. The summed E-state index contributed by atoms with van der Waals surface area (Å²) in [7, 11) is 2.21. The topological polar surface area (TPSA) is 32.5 Å². The number of likely N-dealkylation sites (tertiary alicyclic amines) is 1. The van der Waals surface area contributed by atoms with E-state index in [9.17, 15) is 0 Å². The van der Waals surface area contributed by atoms with Gasteiger partial charge in [0.2, 0.25) is 0 Å². The van der Waals surface area contributed by atoms with Crippen LogP contribution in [0.3, 0.4) is 0 Å². The van der Waals surface area contributed by atoms with Gasteiger partial charge >= 0.3 is 0 Å². The van der Waals surface area contributed by atoms with Crippen molar-refractivity contribution in [2.75, 3.05) is 26.7 Å². The molecule has 0 aliphatic carbocycles. The Kier molecular flexibility index (Phi) is 5.03. The monoisotopic (exact) mass is 213 g/mol. The average Bonchev–Trinajstić information content (AvgIpc) is 2.17. The van der Waals surface area contributed by atoms with Crippen LogP contribution in [0.2, 0.25) is 0 Å². The summed E-state index contributed by atoms with van der Waals surface area (Å²) in [6.07, 6.45) is 2.59. The predicted molar refractivity (Wildman–Crippen MR) is 66.0 cm³/mol. The van der Waals surface area contributed by atoms with Gasteiger partial charge in [0.05, 0.1) is 0 Å². The van der Waals surface area contributed by atoms with Gasteiger partial charge in [-0.25, -0.2) is 0 Å². The van der Waals surface area contributed by atoms with Crippen molar-refractivity contribution in [3.8, 4) is 0 Å². The molecule has 1 rings (SSSR count). The van der Waals surface area contributed by atoms with Crippen molar-refractivity contribution in [3.63, 3.8) is 0 Å². The molecule has 0 bridgehead atoms. The second kappa shape index (κ2) is 5.83. The Balaban J connectivity index is 2.30. The standard InChI is InChI=1S/C12H27N3/c1-10(2)15-7-5-12(6-8-15)14(4)9-11(3)13/h10-12H,5-9,13H2,1-4H3. The third-order valence-corrected chi connectivity index (χ3v) is 3.43. The Morgan fingerprint density at radius 3 is 2.20 bits per heavy atom. The first-order chi connectivity index (χ1) is 7.00. The molecule has 0 amide bonds. The van der Waals surface area contributed by atoms with Crippen LogP contribution < -0.4 is 5.73 Å². The molecule has 1 heterocycles. The number of hydrogen-bond donors (Lipinski definition) is 1. The molecule has 0 aromatic carbocycles. The van der Waals surface area contributed by atoms with Gasteiger partial charge in [0.25, 0.3) is 0 Å². The fourth-order valence-corrected chi connectivity index (χ4v) is 2.45. The highest BCUT2D eigenvalue weighted by atomic mass is 15.2. The Morgan fingerprint density at radius 1 is 1.27 bits per heavy atom. The van der Waals surface area contributed by atoms with Crippen LogP contribution in [0, 0.1) is 0 Å². The van der Waals surface area contributed by atoms with Crippen molar-refractivity contribution < 1.29 is 0 Å². The molecule has 15 heavy (non-hydrogen) atoms. The normalized spacial score (nSPS) is 22.6. The molecule has 1 unspecified atom stereocenters. The molecule has 1 saturated heterocycles. The van der Waals surface area contributed by atoms with Crippen molar-refractivity contribution in [1.29, 1.82) is 0 Å². The lowest BCUT2D eigenvalue weighted by Crippen LogP contribution is -2.47. The molecule has 3 nitrogen and oxygen atoms in total. The molecule has 0 radical (unpaired) electrons. The molecular formula is C12H27N3. The van der Waals surface area contributed by atoms with E-state index in [1.807, 2.05) is 0 Å². The van der Waals surface area contributed by atoms with E-state index in [0.29, 0.717) is 6.04 Å². The summed E-state index contributed by atoms with van der Waals surface area (Å²) in [4.78, 5) is 5.00. The summed E-state index contributed by atoms with van der Waals surface area (Å²) >= 11 is 0. The molecular weight excluding hydrogens is 186 g/mol. The van der Waals surface area contributed by atoms with E-state index in [-0.39, 0.29) is 6.04 Å². The molecule has 0 aromatic rings. The van der Waals surface area contributed by atoms with E-state index in [1.165, 1.54) is 25.9 Å². The summed E-state index contributed by atoms with van der Waals surface area (Å²) < 4.78 is 0. The van der Waals surface area contributed by atoms with E-state index < -0.39 is 0 Å². The summed E-state index contributed by atoms with van der Waals surface area (Å²) in [6.45, 7) is 10.2. The lowest BCUT2D eigenvalue weighted by Gasteiger charge is -2.39. The predicted octanol–water partition coefficient (Wildman–Crippen LogP) is 1.14. The summed E-state index contributed by atoms with van der Waals surface area (Å²) in [6, 6.07) is 1.73. The Labute approximate surface area is 94.6 Å². The van der Waals surface area contributed by atoms with Crippen LogP contribution in [0.5, 0.6) is 0 Å². The van der Waals surface area contributed by atoms with E-state index in [4.69, 9.17) is 5.73 Å². The maximum Gasteiger partial charge on any atom is 0.0139 e. The molecule has 0 spiro atoms. The molecule has 3 heteroatoms. The van der Waals surface area contributed by atoms with E-state index in [1.54, 1.807) is 0 Å². The first kappa shape index (κ1) is 12.9. The lowest BCUT2D eigenvalue weighted by molar-refractivity contribution is 0.105. The fourth-order valence-electron chi connectivity index (χ4n) is 2.45. The fraction of sp³-hybridized carbons (Fsp3) is 1.00. The second-order valence-corrected chi connectivity index (χ2v) is 5.28. The molecule has 2 N–H and O–H groups in total. The zero-order valence-electron chi connectivity index (χ0n) is 10.7. The maximum absolute atomic E-state index is 5.82. The molecule has 1 aliphatic heterocycles. The number of piperidine rings is 1. The first-order valence-corrected chi connectivity index (χ1v) is 6.20. The number of nitrogens with zero attached hydrogens (tertiary/aromatic N) is 2. The Bertz CT molecular complexity index is 172. The van der Waals surface area contributed by atoms with Gasteiger partial charge in [0.1, 0.15) is 0 Å². The minimum absolute atomic E-state index is 0.290. The highest BCUT2D eigenvalue weighted by molar-refractivity contribution is 4.80. The van der Waals surface area contributed by atoms with Gasteiger partial charge in [0, 0.05) is 24.7 Å². The molecule has 1 aliphatic rings. The third-order valence-electron chi connectivity index (χ3n) is 3.43. The second-order valence-electron chi connectivity index (χ2n) is 5.28. The van der Waals surface area contributed by atoms with Crippen LogP contribution in [0.4, 0.5) is 0 Å². The van der Waals surface area contributed by atoms with Gasteiger partial charge < -0.3 is 15.5 Å². The van der Waals surface area contributed by atoms with Gasteiger partial charge in [-0.15, -0.1) is 0 Å². The van der Waals surface area contributed by atoms with Crippen molar-refractivity contribution in [1.82, 2.24) is 9.80 Å². The van der Waals surface area contributed by atoms with E-state index in [0.717, 1.165) is 12.6 Å². The van der Waals surface area contributed by atoms with Crippen molar-refractivity contribution in [2.45, 2.75) is 51.7 Å². The first-order valence-electron chi connectivity index (χ1n) is 6.20. The van der Waals surface area contributed by atoms with Crippen molar-refractivity contribution >= 4 is 0 Å². The smallest absolute Gasteiger partial charge is 0.0139 e. The average molecular weight is 213 g/mol. The van der Waals surface area contributed by atoms with Crippen LogP contribution in [0.1, 0.15) is 33.6 Å². The third kappa shape index (κ3) is 4.09. The van der Waals surface area contributed by atoms with Crippen LogP contribution in [-0.2, 0) is 0 Å². The van der Waals surface area contributed by atoms with Crippen LogP contribution in [0.15, 0.2) is 0 Å². The Morgan fingerprint density at radius 2 is 1.80 bits per heavy atom. The van der Waals surface area contributed by atoms with Crippen LogP contribution in [-0.4, -0.2) is 54.6 Å².